The van der Waals surface area contributed by atoms with Gasteiger partial charge in [0.05, 0.1) is 16.9 Å². The third kappa shape index (κ3) is 3.57. The fraction of sp³-hybridized carbons (Fsp3) is 0.238. The van der Waals surface area contributed by atoms with Gasteiger partial charge in [-0.15, -0.1) is 0 Å². The van der Waals surface area contributed by atoms with Gasteiger partial charge < -0.3 is 10.6 Å². The number of hydrazine groups is 1. The quantitative estimate of drug-likeness (QED) is 0.480. The number of hydrogen-bond donors (Lipinski definition) is 3. The van der Waals surface area contributed by atoms with E-state index >= 15 is 0 Å². The van der Waals surface area contributed by atoms with E-state index in [0.717, 1.165) is 42.5 Å². The van der Waals surface area contributed by atoms with Crippen LogP contribution in [0.25, 0.3) is 16.6 Å². The molecule has 0 spiro atoms. The molecule has 5 N–H and O–H groups in total. The van der Waals surface area contributed by atoms with E-state index in [-0.39, 0.29) is 5.91 Å². The van der Waals surface area contributed by atoms with Gasteiger partial charge in [-0.05, 0) is 49.6 Å². The number of hydrogen-bond acceptors (Lipinski definition) is 5. The number of nitrogens with one attached hydrogen (secondary N) is 1. The molecule has 28 heavy (non-hydrogen) atoms. The molecule has 0 unspecified atom stereocenters. The lowest BCUT2D eigenvalue weighted by Gasteiger charge is -2.26. The van der Waals surface area contributed by atoms with Gasteiger partial charge in [-0.3, -0.25) is 14.9 Å². The Kier molecular flexibility index (Phi) is 4.99. The van der Waals surface area contributed by atoms with Crippen molar-refractivity contribution >= 4 is 28.2 Å². The molecule has 0 aliphatic carbocycles. The van der Waals surface area contributed by atoms with Gasteiger partial charge in [-0.25, -0.2) is 5.84 Å². The fourth-order valence-corrected chi connectivity index (χ4v) is 3.52. The van der Waals surface area contributed by atoms with E-state index in [2.05, 4.69) is 10.2 Å². The largest absolute Gasteiger partial charge is 0.396 e. The molecule has 0 saturated carbocycles. The third-order valence-corrected chi connectivity index (χ3v) is 5.08. The van der Waals surface area contributed by atoms with Crippen molar-refractivity contribution in [3.8, 4) is 0 Å². The van der Waals surface area contributed by atoms with E-state index in [4.69, 9.17) is 11.6 Å². The van der Waals surface area contributed by atoms with Crippen LogP contribution in [0.2, 0.25) is 0 Å². The molecule has 1 aliphatic heterocycles. The van der Waals surface area contributed by atoms with Gasteiger partial charge in [0.2, 0.25) is 0 Å². The molecular formula is C21H24N6O. The second kappa shape index (κ2) is 7.74. The van der Waals surface area contributed by atoms with Gasteiger partial charge in [-0.1, -0.05) is 18.2 Å². The molecule has 2 heterocycles. The normalized spacial score (nSPS) is 15.0. The van der Waals surface area contributed by atoms with Gasteiger partial charge in [0.1, 0.15) is 5.69 Å². The first-order valence-corrected chi connectivity index (χ1v) is 9.47. The van der Waals surface area contributed by atoms with Crippen LogP contribution in [0.5, 0.6) is 0 Å². The third-order valence-electron chi connectivity index (χ3n) is 5.08. The standard InChI is InChI=1S/C21H24N6O/c22-18(20-17-6-2-3-7-19(17)24-25-20)14-27(23)16-10-8-15(9-11-16)21(28)26-12-4-1-5-13-26/h2-3,6-11,14H,1,4-5,12-13,22-23H2,(H,24,25)/b18-14-. The predicted octanol–water partition coefficient (Wildman–Crippen LogP) is 2.83. The lowest BCUT2D eigenvalue weighted by molar-refractivity contribution is 0.0724. The number of aromatic amines is 1. The first kappa shape index (κ1) is 18.1. The van der Waals surface area contributed by atoms with Crippen molar-refractivity contribution < 1.29 is 4.79 Å². The lowest BCUT2D eigenvalue weighted by Crippen LogP contribution is -2.35. The van der Waals surface area contributed by atoms with Gasteiger partial charge in [0.15, 0.2) is 0 Å². The number of carbonyl (C=O) groups is 1. The molecule has 1 saturated heterocycles. The molecule has 3 aromatic rings. The molecule has 7 nitrogen and oxygen atoms in total. The number of benzene rings is 2. The first-order valence-electron chi connectivity index (χ1n) is 9.47. The van der Waals surface area contributed by atoms with Crippen molar-refractivity contribution in [3.05, 3.63) is 66.0 Å². The average Bonchev–Trinajstić information content (AvgIpc) is 3.18. The Morgan fingerprint density at radius 1 is 1.07 bits per heavy atom. The summed E-state index contributed by atoms with van der Waals surface area (Å²) in [5, 5.41) is 9.62. The molecule has 144 valence electrons. The average molecular weight is 376 g/mol. The van der Waals surface area contributed by atoms with Gasteiger partial charge in [0, 0.05) is 30.2 Å². The van der Waals surface area contributed by atoms with Crippen molar-refractivity contribution in [2.75, 3.05) is 18.1 Å². The van der Waals surface area contributed by atoms with Gasteiger partial charge >= 0.3 is 0 Å². The molecular weight excluding hydrogens is 352 g/mol. The van der Waals surface area contributed by atoms with Crippen LogP contribution >= 0.6 is 0 Å². The zero-order valence-electron chi connectivity index (χ0n) is 15.6. The number of likely N-dealkylation sites (tertiary alicyclic amines) is 1. The number of para-hydroxylation sites is 1. The van der Waals surface area contributed by atoms with Crippen molar-refractivity contribution in [2.24, 2.45) is 11.6 Å². The van der Waals surface area contributed by atoms with E-state index in [1.807, 2.05) is 41.3 Å². The minimum absolute atomic E-state index is 0.0767. The Labute approximate surface area is 163 Å². The summed E-state index contributed by atoms with van der Waals surface area (Å²) in [4.78, 5) is 14.5. The number of fused-ring (bicyclic) bond motifs is 1. The zero-order valence-corrected chi connectivity index (χ0v) is 15.6. The summed E-state index contributed by atoms with van der Waals surface area (Å²) in [6, 6.07) is 15.0. The van der Waals surface area contributed by atoms with Crippen LogP contribution in [0.1, 0.15) is 35.3 Å². The molecule has 0 radical (unpaired) electrons. The minimum atomic E-state index is 0.0767. The maximum atomic E-state index is 12.6. The van der Waals surface area contributed by atoms with Crippen molar-refractivity contribution in [1.29, 1.82) is 0 Å². The van der Waals surface area contributed by atoms with E-state index in [0.29, 0.717) is 17.0 Å². The number of anilines is 1. The van der Waals surface area contributed by atoms with E-state index in [1.165, 1.54) is 11.4 Å². The number of amides is 1. The highest BCUT2D eigenvalue weighted by Gasteiger charge is 2.18. The second-order valence-electron chi connectivity index (χ2n) is 7.01. The van der Waals surface area contributed by atoms with Gasteiger partial charge in [0.25, 0.3) is 5.91 Å². The number of nitrogens with zero attached hydrogens (tertiary/aromatic N) is 3. The molecule has 1 amide bonds. The smallest absolute Gasteiger partial charge is 0.253 e. The Morgan fingerprint density at radius 2 is 1.79 bits per heavy atom. The van der Waals surface area contributed by atoms with E-state index < -0.39 is 0 Å². The number of aromatic nitrogens is 2. The van der Waals surface area contributed by atoms with Crippen LogP contribution in [0.4, 0.5) is 5.69 Å². The molecule has 1 aromatic heterocycles. The fourth-order valence-electron chi connectivity index (χ4n) is 3.52. The van der Waals surface area contributed by atoms with Crippen molar-refractivity contribution in [3.63, 3.8) is 0 Å². The lowest BCUT2D eigenvalue weighted by atomic mass is 10.1. The molecule has 1 aliphatic rings. The Balaban J connectivity index is 1.50. The summed E-state index contributed by atoms with van der Waals surface area (Å²) < 4.78 is 0. The van der Waals surface area contributed by atoms with Crippen LogP contribution < -0.4 is 16.6 Å². The summed E-state index contributed by atoms with van der Waals surface area (Å²) in [7, 11) is 0. The molecule has 4 rings (SSSR count). The van der Waals surface area contributed by atoms with Crippen LogP contribution in [0.3, 0.4) is 0 Å². The van der Waals surface area contributed by atoms with Crippen LogP contribution in [-0.4, -0.2) is 34.1 Å². The summed E-state index contributed by atoms with van der Waals surface area (Å²) in [6.45, 7) is 1.67. The van der Waals surface area contributed by atoms with Crippen LogP contribution in [0.15, 0.2) is 54.7 Å². The highest BCUT2D eigenvalue weighted by molar-refractivity contribution is 5.94. The van der Waals surface area contributed by atoms with Gasteiger partial charge in [-0.2, -0.15) is 5.10 Å². The van der Waals surface area contributed by atoms with E-state index in [1.54, 1.807) is 18.3 Å². The van der Waals surface area contributed by atoms with Crippen molar-refractivity contribution in [1.82, 2.24) is 15.1 Å². The number of rotatable bonds is 4. The number of piperidine rings is 1. The molecule has 1 fully saturated rings. The topological polar surface area (TPSA) is 104 Å². The Bertz CT molecular complexity index is 1000. The Morgan fingerprint density at radius 3 is 2.54 bits per heavy atom. The summed E-state index contributed by atoms with van der Waals surface area (Å²) in [5.41, 5.74) is 9.65. The summed E-state index contributed by atoms with van der Waals surface area (Å²) in [5.74, 6) is 6.24. The molecule has 2 aromatic carbocycles. The number of carbonyl (C=O) groups excluding carboxylic acids is 1. The summed E-state index contributed by atoms with van der Waals surface area (Å²) in [6.07, 6.45) is 4.98. The second-order valence-corrected chi connectivity index (χ2v) is 7.01. The highest BCUT2D eigenvalue weighted by atomic mass is 16.2. The monoisotopic (exact) mass is 376 g/mol. The predicted molar refractivity (Wildman–Crippen MR) is 111 cm³/mol. The van der Waals surface area contributed by atoms with E-state index in [9.17, 15) is 4.79 Å². The zero-order chi connectivity index (χ0) is 19.5. The molecule has 0 atom stereocenters. The Hall–Kier alpha value is -3.32. The molecule has 7 heteroatoms. The summed E-state index contributed by atoms with van der Waals surface area (Å²) >= 11 is 0. The van der Waals surface area contributed by atoms with Crippen LogP contribution in [0, 0.1) is 0 Å². The minimum Gasteiger partial charge on any atom is -0.396 e. The first-order chi connectivity index (χ1) is 13.6. The maximum absolute atomic E-state index is 12.6. The van der Waals surface area contributed by atoms with Crippen LogP contribution in [-0.2, 0) is 0 Å². The number of nitrogens with two attached hydrogens (primary N) is 2. The molecule has 0 bridgehead atoms. The number of H-pyrrole nitrogens is 1. The highest BCUT2D eigenvalue weighted by Crippen LogP contribution is 2.21. The van der Waals surface area contributed by atoms with Crippen molar-refractivity contribution in [2.45, 2.75) is 19.3 Å². The maximum Gasteiger partial charge on any atom is 0.253 e. The SMILES string of the molecule is N/C(=C\N(N)c1ccc(C(=O)N2CCCCC2)cc1)c1n[nH]c2ccccc12.